The molecular formula is C31H33N2+. The van der Waals surface area contributed by atoms with Crippen LogP contribution in [0.15, 0.2) is 42.6 Å². The molecule has 6 rings (SSSR count). The van der Waals surface area contributed by atoms with Crippen molar-refractivity contribution >= 4 is 49.0 Å². The number of pyridine rings is 2. The normalized spacial score (nSPS) is 13.0. The lowest BCUT2D eigenvalue weighted by molar-refractivity contribution is -0.643. The summed E-state index contributed by atoms with van der Waals surface area (Å²) >= 11 is 0. The van der Waals surface area contributed by atoms with Crippen molar-refractivity contribution in [3.8, 4) is 0 Å². The number of aryl methyl sites for hydroxylation is 5. The minimum atomic E-state index is 0.215. The monoisotopic (exact) mass is 433 g/mol. The van der Waals surface area contributed by atoms with Gasteiger partial charge in [-0.2, -0.15) is 0 Å². The van der Waals surface area contributed by atoms with E-state index >= 15 is 0 Å². The van der Waals surface area contributed by atoms with Crippen molar-refractivity contribution in [2.45, 2.75) is 54.9 Å². The summed E-state index contributed by atoms with van der Waals surface area (Å²) in [6, 6.07) is 14.1. The zero-order chi connectivity index (χ0) is 23.4. The molecule has 3 heterocycles. The lowest BCUT2D eigenvalue weighted by Gasteiger charge is -2.21. The fraction of sp³-hybridized carbons (Fsp3) is 0.323. The summed E-state index contributed by atoms with van der Waals surface area (Å²) in [4.78, 5) is 0. The van der Waals surface area contributed by atoms with Gasteiger partial charge < -0.3 is 4.40 Å². The number of aromatic nitrogens is 2. The van der Waals surface area contributed by atoms with Crippen LogP contribution in [0.25, 0.3) is 49.0 Å². The Kier molecular flexibility index (Phi) is 4.01. The number of hydrogen-bond donors (Lipinski definition) is 0. The summed E-state index contributed by atoms with van der Waals surface area (Å²) in [7, 11) is 2.20. The van der Waals surface area contributed by atoms with Crippen LogP contribution in [0.3, 0.4) is 0 Å². The molecule has 0 N–H and O–H groups in total. The van der Waals surface area contributed by atoms with E-state index < -0.39 is 0 Å². The average Bonchev–Trinajstić information content (AvgIpc) is 3.06. The first-order valence-corrected chi connectivity index (χ1v) is 12.1. The molecule has 3 aromatic heterocycles. The Hall–Kier alpha value is -3.13. The van der Waals surface area contributed by atoms with Gasteiger partial charge in [0.1, 0.15) is 7.05 Å². The van der Waals surface area contributed by atoms with Crippen molar-refractivity contribution in [3.05, 3.63) is 70.4 Å². The molecule has 0 aliphatic carbocycles. The zero-order valence-electron chi connectivity index (χ0n) is 21.1. The van der Waals surface area contributed by atoms with E-state index in [9.17, 15) is 0 Å². The van der Waals surface area contributed by atoms with E-state index in [-0.39, 0.29) is 5.41 Å². The quantitative estimate of drug-likeness (QED) is 0.143. The van der Waals surface area contributed by atoms with Crippen LogP contribution < -0.4 is 4.57 Å². The molecule has 0 bridgehead atoms. The molecule has 166 valence electrons. The zero-order valence-corrected chi connectivity index (χ0v) is 21.1. The summed E-state index contributed by atoms with van der Waals surface area (Å²) < 4.78 is 4.92. The Bertz CT molecular complexity index is 1760. The van der Waals surface area contributed by atoms with Gasteiger partial charge in [-0.3, -0.25) is 0 Å². The maximum atomic E-state index is 2.59. The van der Waals surface area contributed by atoms with Crippen LogP contribution in [0.5, 0.6) is 0 Å². The van der Waals surface area contributed by atoms with Gasteiger partial charge in [0, 0.05) is 16.8 Å². The highest BCUT2D eigenvalue weighted by Crippen LogP contribution is 2.44. The summed E-state index contributed by atoms with van der Waals surface area (Å²) in [5.74, 6) is 0. The summed E-state index contributed by atoms with van der Waals surface area (Å²) in [6.07, 6.45) is 3.30. The van der Waals surface area contributed by atoms with Crippen molar-refractivity contribution in [2.24, 2.45) is 12.5 Å². The molecule has 6 aromatic rings. The van der Waals surface area contributed by atoms with Gasteiger partial charge in [0.05, 0.1) is 27.3 Å². The molecule has 0 saturated carbocycles. The van der Waals surface area contributed by atoms with Crippen molar-refractivity contribution in [3.63, 3.8) is 0 Å². The fourth-order valence-electron chi connectivity index (χ4n) is 6.15. The summed E-state index contributed by atoms with van der Waals surface area (Å²) in [5.41, 5.74) is 12.5. The number of rotatable bonds is 1. The number of hydrogen-bond acceptors (Lipinski definition) is 0. The van der Waals surface area contributed by atoms with Crippen LogP contribution in [0.4, 0.5) is 0 Å². The van der Waals surface area contributed by atoms with E-state index in [0.717, 1.165) is 6.42 Å². The molecule has 33 heavy (non-hydrogen) atoms. The second-order valence-electron chi connectivity index (χ2n) is 11.5. The first-order valence-electron chi connectivity index (χ1n) is 12.1. The Morgan fingerprint density at radius 2 is 1.58 bits per heavy atom. The predicted octanol–water partition coefficient (Wildman–Crippen LogP) is 7.64. The third-order valence-electron chi connectivity index (χ3n) is 7.56. The highest BCUT2D eigenvalue weighted by molar-refractivity contribution is 6.28. The Labute approximate surface area is 195 Å². The van der Waals surface area contributed by atoms with E-state index in [2.05, 4.69) is 107 Å². The largest absolute Gasteiger partial charge is 0.307 e. The van der Waals surface area contributed by atoms with Crippen LogP contribution >= 0.6 is 0 Å². The molecule has 0 aliphatic heterocycles. The van der Waals surface area contributed by atoms with E-state index in [1.165, 1.54) is 76.8 Å². The van der Waals surface area contributed by atoms with Gasteiger partial charge in [-0.05, 0) is 85.4 Å². The van der Waals surface area contributed by atoms with Crippen molar-refractivity contribution in [1.29, 1.82) is 0 Å². The first-order chi connectivity index (χ1) is 15.6. The summed E-state index contributed by atoms with van der Waals surface area (Å²) in [6.45, 7) is 16.1. The molecule has 3 aromatic carbocycles. The van der Waals surface area contributed by atoms with Gasteiger partial charge in [-0.15, -0.1) is 0 Å². The average molecular weight is 434 g/mol. The van der Waals surface area contributed by atoms with Gasteiger partial charge in [0.15, 0.2) is 6.20 Å². The maximum Gasteiger partial charge on any atom is 0.224 e. The van der Waals surface area contributed by atoms with Gasteiger partial charge in [-0.25, -0.2) is 4.57 Å². The fourth-order valence-corrected chi connectivity index (χ4v) is 6.15. The first kappa shape index (κ1) is 20.5. The third kappa shape index (κ3) is 2.70. The van der Waals surface area contributed by atoms with E-state index in [0.29, 0.717) is 0 Å². The van der Waals surface area contributed by atoms with Crippen LogP contribution in [0.1, 0.15) is 48.6 Å². The van der Waals surface area contributed by atoms with Crippen LogP contribution in [0.2, 0.25) is 0 Å². The standard InChI is InChI=1S/C31H33N2/c1-17-9-10-24-23(13-17)26-22(16-31(5,6)7)15-21-11-12-32(8)29-25-20(4)18(2)14-19(3)28(25)33(24)30(26)27(21)29/h9-15H,16H2,1-8H3/q+1. The second kappa shape index (κ2) is 6.47. The Morgan fingerprint density at radius 1 is 0.818 bits per heavy atom. The minimum absolute atomic E-state index is 0.215. The SMILES string of the molecule is Cc1ccc2c(c1)c1c(CC(C)(C)C)cc3cc[n+](C)c4c5c(C)c(C)cc(C)c5n2c1c34. The minimum Gasteiger partial charge on any atom is -0.307 e. The van der Waals surface area contributed by atoms with Crippen molar-refractivity contribution in [1.82, 2.24) is 4.40 Å². The van der Waals surface area contributed by atoms with Gasteiger partial charge in [0.25, 0.3) is 0 Å². The maximum absolute atomic E-state index is 2.59. The predicted molar refractivity (Wildman–Crippen MR) is 142 cm³/mol. The number of fused-ring (bicyclic) bond motifs is 6. The van der Waals surface area contributed by atoms with Gasteiger partial charge >= 0.3 is 0 Å². The smallest absolute Gasteiger partial charge is 0.224 e. The molecule has 0 radical (unpaired) electrons. The summed E-state index contributed by atoms with van der Waals surface area (Å²) in [5, 5.41) is 6.94. The van der Waals surface area contributed by atoms with Crippen LogP contribution in [-0.2, 0) is 13.5 Å². The Balaban J connectivity index is 2.06. The highest BCUT2D eigenvalue weighted by atomic mass is 15.0. The molecule has 0 spiro atoms. The molecule has 0 unspecified atom stereocenters. The molecule has 0 aliphatic rings. The van der Waals surface area contributed by atoms with E-state index in [1.54, 1.807) is 0 Å². The van der Waals surface area contributed by atoms with Crippen LogP contribution in [-0.4, -0.2) is 4.40 Å². The molecule has 2 heteroatoms. The molecule has 0 saturated heterocycles. The van der Waals surface area contributed by atoms with Gasteiger partial charge in [0.2, 0.25) is 5.52 Å². The number of nitrogens with zero attached hydrogens (tertiary/aromatic N) is 2. The molecule has 2 nitrogen and oxygen atoms in total. The molecule has 0 amide bonds. The van der Waals surface area contributed by atoms with Crippen LogP contribution in [0, 0.1) is 33.1 Å². The lowest BCUT2D eigenvalue weighted by atomic mass is 9.85. The van der Waals surface area contributed by atoms with E-state index in [1.807, 2.05) is 0 Å². The number of benzene rings is 3. The van der Waals surface area contributed by atoms with Crippen molar-refractivity contribution in [2.75, 3.05) is 0 Å². The van der Waals surface area contributed by atoms with Gasteiger partial charge in [-0.1, -0.05) is 38.5 Å². The highest BCUT2D eigenvalue weighted by Gasteiger charge is 2.28. The molecule has 0 atom stereocenters. The third-order valence-corrected chi connectivity index (χ3v) is 7.56. The molecule has 0 fully saturated rings. The van der Waals surface area contributed by atoms with Crippen molar-refractivity contribution < 1.29 is 4.57 Å². The second-order valence-corrected chi connectivity index (χ2v) is 11.5. The van der Waals surface area contributed by atoms with E-state index in [4.69, 9.17) is 0 Å². The topological polar surface area (TPSA) is 8.29 Å². The molecular weight excluding hydrogens is 400 g/mol. The lowest BCUT2D eigenvalue weighted by Crippen LogP contribution is -2.29. The Morgan fingerprint density at radius 3 is 2.30 bits per heavy atom.